The first-order valence-electron chi connectivity index (χ1n) is 17.8. The number of halogens is 4. The van der Waals surface area contributed by atoms with E-state index in [9.17, 15) is 9.59 Å². The Bertz CT molecular complexity index is 1670. The molecule has 0 aromatic heterocycles. The Kier molecular flexibility index (Phi) is 12.7. The molecule has 6 rings (SSSR count). The van der Waals surface area contributed by atoms with Gasteiger partial charge in [0.05, 0.1) is 0 Å². The Morgan fingerprint density at radius 2 is 0.922 bits per heavy atom. The van der Waals surface area contributed by atoms with Crippen LogP contribution in [0.5, 0.6) is 0 Å². The van der Waals surface area contributed by atoms with Gasteiger partial charge in [0.25, 0.3) is 0 Å². The van der Waals surface area contributed by atoms with E-state index in [4.69, 9.17) is 0 Å². The van der Waals surface area contributed by atoms with E-state index in [1.165, 1.54) is 12.1 Å². The summed E-state index contributed by atoms with van der Waals surface area (Å²) < 4.78 is 63.2. The van der Waals surface area contributed by atoms with E-state index in [0.29, 0.717) is 24.2 Å². The molecule has 2 N–H and O–H groups in total. The fourth-order valence-electron chi connectivity index (χ4n) is 6.96. The van der Waals surface area contributed by atoms with Gasteiger partial charge in [0.15, 0.2) is 0 Å². The molecule has 2 aliphatic rings. The topological polar surface area (TPSA) is 64.7 Å². The van der Waals surface area contributed by atoms with Gasteiger partial charge < -0.3 is 0 Å². The van der Waals surface area contributed by atoms with Crippen molar-refractivity contribution in [3.8, 4) is 0 Å². The fourth-order valence-corrected chi connectivity index (χ4v) is 8.72. The van der Waals surface area contributed by atoms with Crippen LogP contribution in [-0.2, 0) is 19.2 Å². The molecule has 2 saturated carbocycles. The van der Waals surface area contributed by atoms with E-state index >= 15 is 17.6 Å². The number of carbonyl (C=O) groups is 2. The van der Waals surface area contributed by atoms with Crippen molar-refractivity contribution >= 4 is 30.9 Å². The van der Waals surface area contributed by atoms with Gasteiger partial charge in [-0.3, -0.25) is 0 Å². The van der Waals surface area contributed by atoms with Crippen LogP contribution in [0.2, 0.25) is 0 Å². The van der Waals surface area contributed by atoms with Crippen LogP contribution >= 0.6 is 0 Å². The molecule has 2 amide bonds. The van der Waals surface area contributed by atoms with Gasteiger partial charge in [0, 0.05) is 0 Å². The summed E-state index contributed by atoms with van der Waals surface area (Å²) in [5.41, 5.74) is 6.34. The minimum absolute atomic E-state index is 0.230. The molecule has 4 aromatic rings. The van der Waals surface area contributed by atoms with Crippen molar-refractivity contribution in [1.29, 1.82) is 0 Å². The molecule has 2 fully saturated rings. The summed E-state index contributed by atoms with van der Waals surface area (Å²) >= 11 is -2.36. The van der Waals surface area contributed by atoms with Crippen LogP contribution in [0.1, 0.15) is 84.9 Å². The molecule has 11 heteroatoms. The van der Waals surface area contributed by atoms with Crippen LogP contribution in [-0.4, -0.2) is 24.9 Å². The van der Waals surface area contributed by atoms with Gasteiger partial charge in [-0.05, 0) is 0 Å². The SMILES string of the molecule is O=C(c1ccccc1)N(NCC1CCCCC1)c1ccc(F)[c]([Ti][c]2c(F)ccc(N(NCC3CCCCC3)C(=O)c3ccccc3)c2F)c1F. The number of benzene rings is 4. The number of nitrogens with zero attached hydrogens (tertiary/aromatic N) is 2. The first kappa shape index (κ1) is 36.9. The normalized spacial score (nSPS) is 15.4. The third-order valence-electron chi connectivity index (χ3n) is 9.85. The van der Waals surface area contributed by atoms with Crippen LogP contribution in [0.4, 0.5) is 28.9 Å². The molecule has 0 atom stereocenters. The first-order chi connectivity index (χ1) is 24.8. The van der Waals surface area contributed by atoms with Crippen molar-refractivity contribution in [3.05, 3.63) is 119 Å². The van der Waals surface area contributed by atoms with E-state index < -0.39 is 62.0 Å². The Hall–Kier alpha value is -3.83. The zero-order valence-corrected chi connectivity index (χ0v) is 30.0. The number of amides is 2. The van der Waals surface area contributed by atoms with Crippen LogP contribution in [0.3, 0.4) is 0 Å². The van der Waals surface area contributed by atoms with Crippen LogP contribution < -0.4 is 28.6 Å². The molecule has 0 spiro atoms. The first-order valence-corrected chi connectivity index (χ1v) is 19.4. The zero-order chi connectivity index (χ0) is 35.7. The summed E-state index contributed by atoms with van der Waals surface area (Å²) in [6, 6.07) is 21.1. The Balaban J connectivity index is 1.34. The van der Waals surface area contributed by atoms with Gasteiger partial charge in [-0.25, -0.2) is 0 Å². The molecule has 6 nitrogen and oxygen atoms in total. The summed E-state index contributed by atoms with van der Waals surface area (Å²) in [6.45, 7) is 0.816. The number of rotatable bonds is 12. The third kappa shape index (κ3) is 8.98. The van der Waals surface area contributed by atoms with Crippen molar-refractivity contribution in [1.82, 2.24) is 10.9 Å². The summed E-state index contributed by atoms with van der Waals surface area (Å²) in [5, 5.41) is 2.18. The van der Waals surface area contributed by atoms with Crippen molar-refractivity contribution in [2.75, 3.05) is 23.1 Å². The van der Waals surface area contributed by atoms with Gasteiger partial charge in [-0.1, -0.05) is 0 Å². The molecule has 0 aliphatic heterocycles. The number of hydrazine groups is 2. The maximum atomic E-state index is 16.5. The third-order valence-corrected chi connectivity index (χ3v) is 12.1. The Morgan fingerprint density at radius 3 is 1.29 bits per heavy atom. The molecule has 0 heterocycles. The molecule has 51 heavy (non-hydrogen) atoms. The molecule has 0 bridgehead atoms. The van der Waals surface area contributed by atoms with E-state index in [-0.39, 0.29) is 23.2 Å². The second-order valence-corrected chi connectivity index (χ2v) is 15.3. The number of hydrogen-bond donors (Lipinski definition) is 2. The Labute approximate surface area is 305 Å². The molecule has 2 aliphatic carbocycles. The van der Waals surface area contributed by atoms with E-state index in [0.717, 1.165) is 86.4 Å². The van der Waals surface area contributed by atoms with Gasteiger partial charge in [0.1, 0.15) is 0 Å². The number of carbonyl (C=O) groups excluding carboxylic acids is 2. The van der Waals surface area contributed by atoms with Crippen molar-refractivity contribution in [3.63, 3.8) is 0 Å². The molecule has 0 unspecified atom stereocenters. The predicted molar refractivity (Wildman–Crippen MR) is 188 cm³/mol. The van der Waals surface area contributed by atoms with Crippen LogP contribution in [0.25, 0.3) is 0 Å². The second-order valence-electron chi connectivity index (χ2n) is 13.4. The van der Waals surface area contributed by atoms with Crippen LogP contribution in [0.15, 0.2) is 84.9 Å². The van der Waals surface area contributed by atoms with Crippen LogP contribution in [0, 0.1) is 35.1 Å². The minimum atomic E-state index is -2.36. The van der Waals surface area contributed by atoms with Crippen molar-refractivity contribution < 1.29 is 46.3 Å². The standard InChI is InChI=1S/2C20H21F2N2O.Ti/c2*21-17-11-12-19(18(22)13-17)24(20(25)16-9-5-2-6-10-16)23-14-15-7-3-1-4-8-15;/h2*2,5-6,9-12,15,23H,1,3-4,7-8,14H2;. The average molecular weight is 735 g/mol. The fraction of sp³-hybridized carbons (Fsp3) is 0.350. The quantitative estimate of drug-likeness (QED) is 0.0889. The van der Waals surface area contributed by atoms with Gasteiger partial charge >= 0.3 is 307 Å². The zero-order valence-electron chi connectivity index (χ0n) is 28.4. The second kappa shape index (κ2) is 17.6. The molecular formula is C40H42F4N4O2Ti. The van der Waals surface area contributed by atoms with E-state index in [1.54, 1.807) is 60.7 Å². The van der Waals surface area contributed by atoms with E-state index in [2.05, 4.69) is 10.9 Å². The molecule has 266 valence electrons. The number of hydrogen-bond acceptors (Lipinski definition) is 4. The summed E-state index contributed by atoms with van der Waals surface area (Å²) in [7, 11) is 0. The summed E-state index contributed by atoms with van der Waals surface area (Å²) in [4.78, 5) is 27.5. The molecule has 0 radical (unpaired) electrons. The van der Waals surface area contributed by atoms with Gasteiger partial charge in [-0.15, -0.1) is 0 Å². The molecule has 0 saturated heterocycles. The van der Waals surface area contributed by atoms with Gasteiger partial charge in [0.2, 0.25) is 0 Å². The monoisotopic (exact) mass is 734 g/mol. The number of nitrogens with one attached hydrogen (secondary N) is 2. The summed E-state index contributed by atoms with van der Waals surface area (Å²) in [6.07, 6.45) is 10.4. The van der Waals surface area contributed by atoms with Crippen molar-refractivity contribution in [2.45, 2.75) is 64.2 Å². The van der Waals surface area contributed by atoms with Gasteiger partial charge in [-0.2, -0.15) is 0 Å². The number of anilines is 2. The maximum absolute atomic E-state index is 16.5. The van der Waals surface area contributed by atoms with Crippen molar-refractivity contribution in [2.24, 2.45) is 11.8 Å². The van der Waals surface area contributed by atoms with E-state index in [1.807, 2.05) is 0 Å². The predicted octanol–water partition coefficient (Wildman–Crippen LogP) is 7.74. The Morgan fingerprint density at radius 1 is 0.549 bits per heavy atom. The molecule has 4 aromatic carbocycles. The summed E-state index contributed by atoms with van der Waals surface area (Å²) in [5.74, 6) is -4.58. The average Bonchev–Trinajstić information content (AvgIpc) is 3.17. The molecular weight excluding hydrogens is 692 g/mol.